The van der Waals surface area contributed by atoms with Gasteiger partial charge in [-0.25, -0.2) is 0 Å². The molecule has 1 saturated carbocycles. The minimum atomic E-state index is -1.25. The highest BCUT2D eigenvalue weighted by molar-refractivity contribution is 6.30. The quantitative estimate of drug-likeness (QED) is 0.789. The second kappa shape index (κ2) is 7.37. The average Bonchev–Trinajstić information content (AvgIpc) is 3.44. The third kappa shape index (κ3) is 4.37. The number of amides is 1. The maximum atomic E-state index is 12.1. The van der Waals surface area contributed by atoms with Gasteiger partial charge in [-0.1, -0.05) is 11.6 Å². The predicted molar refractivity (Wildman–Crippen MR) is 93.4 cm³/mol. The number of anilines is 1. The highest BCUT2D eigenvalue weighted by Gasteiger charge is 2.38. The van der Waals surface area contributed by atoms with E-state index in [1.165, 1.54) is 0 Å². The van der Waals surface area contributed by atoms with Gasteiger partial charge in [0.05, 0.1) is 6.07 Å². The van der Waals surface area contributed by atoms with Crippen molar-refractivity contribution in [2.24, 2.45) is 11.8 Å². The van der Waals surface area contributed by atoms with Crippen molar-refractivity contribution < 1.29 is 14.3 Å². The number of nitriles is 1. The Morgan fingerprint density at radius 2 is 1.64 bits per heavy atom. The van der Waals surface area contributed by atoms with E-state index in [4.69, 9.17) is 21.6 Å². The lowest BCUT2D eigenvalue weighted by atomic mass is 10.0. The minimum Gasteiger partial charge on any atom is -0.457 e. The third-order valence-corrected chi connectivity index (χ3v) is 4.08. The Balaban J connectivity index is 1.61. The zero-order chi connectivity index (χ0) is 17.8. The van der Waals surface area contributed by atoms with Gasteiger partial charge in [0.1, 0.15) is 11.5 Å². The Morgan fingerprint density at radius 1 is 1.08 bits per heavy atom. The van der Waals surface area contributed by atoms with Gasteiger partial charge in [0.2, 0.25) is 5.91 Å². The lowest BCUT2D eigenvalue weighted by Gasteiger charge is -2.10. The van der Waals surface area contributed by atoms with Crippen LogP contribution in [0.5, 0.6) is 11.5 Å². The fourth-order valence-corrected chi connectivity index (χ4v) is 2.44. The predicted octanol–water partition coefficient (Wildman–Crippen LogP) is 4.19. The van der Waals surface area contributed by atoms with Crippen LogP contribution in [-0.2, 0) is 9.59 Å². The first-order valence-electron chi connectivity index (χ1n) is 7.84. The summed E-state index contributed by atoms with van der Waals surface area (Å²) in [6.07, 6.45) is 1.53. The fraction of sp³-hybridized carbons (Fsp3) is 0.211. The van der Waals surface area contributed by atoms with Crippen LogP contribution in [0.1, 0.15) is 12.8 Å². The van der Waals surface area contributed by atoms with Crippen LogP contribution in [0.25, 0.3) is 0 Å². The highest BCUT2D eigenvalue weighted by atomic mass is 35.5. The molecule has 1 aliphatic rings. The average molecular weight is 355 g/mol. The van der Waals surface area contributed by atoms with Gasteiger partial charge < -0.3 is 10.1 Å². The Labute approximate surface area is 150 Å². The summed E-state index contributed by atoms with van der Waals surface area (Å²) in [7, 11) is 0. The van der Waals surface area contributed by atoms with Crippen molar-refractivity contribution >= 4 is 29.0 Å². The zero-order valence-electron chi connectivity index (χ0n) is 13.2. The van der Waals surface area contributed by atoms with E-state index in [1.54, 1.807) is 54.6 Å². The number of carbonyl (C=O) groups excluding carboxylic acids is 2. The zero-order valence-corrected chi connectivity index (χ0v) is 14.0. The second-order valence-electron chi connectivity index (χ2n) is 5.81. The van der Waals surface area contributed by atoms with Crippen LogP contribution in [0, 0.1) is 23.2 Å². The van der Waals surface area contributed by atoms with Crippen molar-refractivity contribution in [3.63, 3.8) is 0 Å². The van der Waals surface area contributed by atoms with Crippen molar-refractivity contribution in [3.8, 4) is 17.6 Å². The van der Waals surface area contributed by atoms with E-state index in [1.807, 2.05) is 0 Å². The highest BCUT2D eigenvalue weighted by Crippen LogP contribution is 2.32. The van der Waals surface area contributed by atoms with Crippen molar-refractivity contribution in [3.05, 3.63) is 53.6 Å². The summed E-state index contributed by atoms with van der Waals surface area (Å²) in [6, 6.07) is 15.4. The largest absolute Gasteiger partial charge is 0.457 e. The number of nitrogens with zero attached hydrogens (tertiary/aromatic N) is 1. The van der Waals surface area contributed by atoms with E-state index in [9.17, 15) is 9.59 Å². The lowest BCUT2D eigenvalue weighted by molar-refractivity contribution is -0.129. The maximum Gasteiger partial charge on any atom is 0.249 e. The molecule has 0 aromatic heterocycles. The Kier molecular flexibility index (Phi) is 5.01. The van der Waals surface area contributed by atoms with E-state index in [2.05, 4.69) is 5.32 Å². The molecule has 0 radical (unpaired) electrons. The van der Waals surface area contributed by atoms with Crippen LogP contribution in [0.15, 0.2) is 48.5 Å². The molecule has 1 amide bonds. The third-order valence-electron chi connectivity index (χ3n) is 3.83. The summed E-state index contributed by atoms with van der Waals surface area (Å²) in [4.78, 5) is 24.1. The van der Waals surface area contributed by atoms with Crippen molar-refractivity contribution in [2.75, 3.05) is 5.32 Å². The molecule has 0 heterocycles. The molecule has 0 saturated heterocycles. The molecule has 126 valence electrons. The molecule has 1 N–H and O–H groups in total. The lowest BCUT2D eigenvalue weighted by Crippen LogP contribution is -2.29. The summed E-state index contributed by atoms with van der Waals surface area (Å²) < 4.78 is 5.66. The van der Waals surface area contributed by atoms with E-state index >= 15 is 0 Å². The van der Waals surface area contributed by atoms with E-state index < -0.39 is 11.8 Å². The van der Waals surface area contributed by atoms with Gasteiger partial charge in [0.15, 0.2) is 11.7 Å². The van der Waals surface area contributed by atoms with Gasteiger partial charge >= 0.3 is 0 Å². The van der Waals surface area contributed by atoms with Crippen molar-refractivity contribution in [1.29, 1.82) is 5.26 Å². The number of Topliss-reactive ketones (excluding diaryl/α,β-unsaturated/α-hetero) is 1. The van der Waals surface area contributed by atoms with Crippen molar-refractivity contribution in [1.82, 2.24) is 0 Å². The monoisotopic (exact) mass is 354 g/mol. The molecule has 1 unspecified atom stereocenters. The van der Waals surface area contributed by atoms with Gasteiger partial charge in [-0.3, -0.25) is 9.59 Å². The maximum absolute atomic E-state index is 12.1. The van der Waals surface area contributed by atoms with Gasteiger partial charge in [-0.05, 0) is 61.4 Å². The van der Waals surface area contributed by atoms with Crippen molar-refractivity contribution in [2.45, 2.75) is 12.8 Å². The summed E-state index contributed by atoms with van der Waals surface area (Å²) in [5.41, 5.74) is 0.498. The number of benzene rings is 2. The molecule has 6 heteroatoms. The number of rotatable bonds is 6. The van der Waals surface area contributed by atoms with Crippen LogP contribution in [-0.4, -0.2) is 11.7 Å². The number of hydrogen-bond donors (Lipinski definition) is 1. The molecule has 0 spiro atoms. The molecule has 25 heavy (non-hydrogen) atoms. The van der Waals surface area contributed by atoms with Crippen LogP contribution < -0.4 is 10.1 Å². The van der Waals surface area contributed by atoms with E-state index in [0.29, 0.717) is 22.2 Å². The summed E-state index contributed by atoms with van der Waals surface area (Å²) in [6.45, 7) is 0. The number of hydrogen-bond acceptors (Lipinski definition) is 4. The molecule has 0 aliphatic heterocycles. The number of halogens is 1. The van der Waals surface area contributed by atoms with Gasteiger partial charge in [-0.15, -0.1) is 0 Å². The van der Waals surface area contributed by atoms with Gasteiger partial charge in [0, 0.05) is 16.6 Å². The standard InChI is InChI=1S/C19H15ClN2O3/c20-13-3-7-15(8-4-13)25-16-9-5-14(6-10-16)22-19(24)17(11-21)18(23)12-1-2-12/h3-10,12,17H,1-2H2,(H,22,24). The number of ether oxygens (including phenoxy) is 1. The Hall–Kier alpha value is -2.84. The molecule has 5 nitrogen and oxygen atoms in total. The fourth-order valence-electron chi connectivity index (χ4n) is 2.31. The number of carbonyl (C=O) groups is 2. The molecular weight excluding hydrogens is 340 g/mol. The molecule has 0 bridgehead atoms. The number of nitrogens with one attached hydrogen (secondary N) is 1. The van der Waals surface area contributed by atoms with Gasteiger partial charge in [-0.2, -0.15) is 5.26 Å². The SMILES string of the molecule is N#CC(C(=O)Nc1ccc(Oc2ccc(Cl)cc2)cc1)C(=O)C1CC1. The molecule has 2 aromatic rings. The molecule has 1 atom stereocenters. The van der Waals surface area contributed by atoms with Crippen LogP contribution in [0.2, 0.25) is 5.02 Å². The topological polar surface area (TPSA) is 79.2 Å². The van der Waals surface area contributed by atoms with Crippen LogP contribution in [0.3, 0.4) is 0 Å². The number of ketones is 1. The molecular formula is C19H15ClN2O3. The van der Waals surface area contributed by atoms with Gasteiger partial charge in [0.25, 0.3) is 0 Å². The Morgan fingerprint density at radius 3 is 2.16 bits per heavy atom. The molecule has 1 fully saturated rings. The molecule has 3 rings (SSSR count). The minimum absolute atomic E-state index is 0.134. The first-order valence-corrected chi connectivity index (χ1v) is 8.22. The first kappa shape index (κ1) is 17.0. The molecule has 1 aliphatic carbocycles. The first-order chi connectivity index (χ1) is 12.1. The summed E-state index contributed by atoms with van der Waals surface area (Å²) in [5.74, 6) is -1.04. The van der Waals surface area contributed by atoms with E-state index in [-0.39, 0.29) is 11.7 Å². The van der Waals surface area contributed by atoms with Crippen LogP contribution in [0.4, 0.5) is 5.69 Å². The molecule has 2 aromatic carbocycles. The van der Waals surface area contributed by atoms with Crippen LogP contribution >= 0.6 is 11.6 Å². The van der Waals surface area contributed by atoms with E-state index in [0.717, 1.165) is 12.8 Å². The summed E-state index contributed by atoms with van der Waals surface area (Å²) >= 11 is 5.82. The summed E-state index contributed by atoms with van der Waals surface area (Å²) in [5, 5.41) is 12.3. The normalized spacial score (nSPS) is 14.2. The smallest absolute Gasteiger partial charge is 0.249 e. The Bertz CT molecular complexity index is 821. The second-order valence-corrected chi connectivity index (χ2v) is 6.24.